The summed E-state index contributed by atoms with van der Waals surface area (Å²) in [5.74, 6) is 1.47. The van der Waals surface area contributed by atoms with Crippen molar-refractivity contribution in [3.8, 4) is 5.75 Å². The average molecular weight is 522 g/mol. The molecule has 2 aromatic rings. The van der Waals surface area contributed by atoms with Crippen LogP contribution in [0.4, 0.5) is 0 Å². The molecule has 0 fully saturated rings. The number of methoxy groups -OCH3 is 1. The monoisotopic (exact) mass is 522 g/mol. The number of rotatable bonds is 6. The molecular formula is C23H31IN4O2. The van der Waals surface area contributed by atoms with Crippen molar-refractivity contribution in [2.45, 2.75) is 31.8 Å². The van der Waals surface area contributed by atoms with Gasteiger partial charge in [0.15, 0.2) is 5.96 Å². The van der Waals surface area contributed by atoms with Crippen molar-refractivity contribution in [1.82, 2.24) is 15.5 Å². The van der Waals surface area contributed by atoms with Crippen molar-refractivity contribution >= 4 is 35.8 Å². The number of benzene rings is 2. The van der Waals surface area contributed by atoms with Gasteiger partial charge in [-0.05, 0) is 36.5 Å². The maximum absolute atomic E-state index is 12.0. The topological polar surface area (TPSA) is 66.0 Å². The lowest BCUT2D eigenvalue weighted by atomic mass is 9.88. The maximum Gasteiger partial charge on any atom is 0.241 e. The molecule has 1 unspecified atom stereocenters. The fraction of sp³-hybridized carbons (Fsp3) is 0.391. The van der Waals surface area contributed by atoms with Gasteiger partial charge in [-0.15, -0.1) is 24.0 Å². The molecule has 1 amide bonds. The average Bonchev–Trinajstić information content (AvgIpc) is 2.75. The number of ether oxygens (including phenoxy) is 1. The minimum Gasteiger partial charge on any atom is -0.496 e. The highest BCUT2D eigenvalue weighted by Crippen LogP contribution is 2.21. The molecule has 0 heterocycles. The van der Waals surface area contributed by atoms with E-state index in [2.05, 4.69) is 34.9 Å². The number of nitrogens with one attached hydrogen (secondary N) is 2. The molecule has 2 N–H and O–H groups in total. The molecule has 7 heteroatoms. The number of carbonyl (C=O) groups excluding carboxylic acids is 1. The normalized spacial score (nSPS) is 15.4. The molecule has 0 bridgehead atoms. The molecule has 0 radical (unpaired) electrons. The van der Waals surface area contributed by atoms with Crippen LogP contribution in [0.5, 0.6) is 5.75 Å². The molecule has 0 spiro atoms. The molecule has 162 valence electrons. The second kappa shape index (κ2) is 11.8. The van der Waals surface area contributed by atoms with E-state index in [1.54, 1.807) is 26.1 Å². The van der Waals surface area contributed by atoms with E-state index in [-0.39, 0.29) is 42.5 Å². The van der Waals surface area contributed by atoms with E-state index in [4.69, 9.17) is 9.73 Å². The van der Waals surface area contributed by atoms with Crippen LogP contribution in [0, 0.1) is 0 Å². The number of likely N-dealkylation sites (N-methyl/N-ethyl adjacent to an activating group) is 1. The first kappa shape index (κ1) is 24.0. The minimum absolute atomic E-state index is 0. The van der Waals surface area contributed by atoms with Crippen molar-refractivity contribution in [2.24, 2.45) is 4.99 Å². The fourth-order valence-corrected chi connectivity index (χ4v) is 3.48. The summed E-state index contributed by atoms with van der Waals surface area (Å²) in [7, 11) is 5.16. The van der Waals surface area contributed by atoms with Gasteiger partial charge in [-0.1, -0.05) is 42.5 Å². The van der Waals surface area contributed by atoms with Crippen LogP contribution in [0.15, 0.2) is 53.5 Å². The van der Waals surface area contributed by atoms with Crippen molar-refractivity contribution in [3.63, 3.8) is 0 Å². The molecule has 0 saturated carbocycles. The Labute approximate surface area is 196 Å². The zero-order chi connectivity index (χ0) is 20.6. The third-order valence-corrected chi connectivity index (χ3v) is 5.19. The largest absolute Gasteiger partial charge is 0.496 e. The Morgan fingerprint density at radius 1 is 1.13 bits per heavy atom. The second-order valence-electron chi connectivity index (χ2n) is 7.47. The number of aliphatic imine (C=N–C) groups is 1. The van der Waals surface area contributed by atoms with E-state index in [0.717, 1.165) is 30.6 Å². The predicted octanol–water partition coefficient (Wildman–Crippen LogP) is 2.99. The van der Waals surface area contributed by atoms with Gasteiger partial charge in [-0.2, -0.15) is 0 Å². The van der Waals surface area contributed by atoms with Crippen molar-refractivity contribution in [1.29, 1.82) is 0 Å². The first-order chi connectivity index (χ1) is 14.1. The summed E-state index contributed by atoms with van der Waals surface area (Å²) in [5.41, 5.74) is 3.81. The summed E-state index contributed by atoms with van der Waals surface area (Å²) in [6.07, 6.45) is 3.03. The first-order valence-electron chi connectivity index (χ1n) is 10.0. The number of hydrogen-bond acceptors (Lipinski definition) is 3. The lowest BCUT2D eigenvalue weighted by Gasteiger charge is -2.27. The molecule has 0 aromatic heterocycles. The zero-order valence-electron chi connectivity index (χ0n) is 17.9. The number of nitrogens with zero attached hydrogens (tertiary/aromatic N) is 2. The van der Waals surface area contributed by atoms with E-state index in [1.807, 2.05) is 24.3 Å². The fourth-order valence-electron chi connectivity index (χ4n) is 3.48. The van der Waals surface area contributed by atoms with Crippen LogP contribution in [0.25, 0.3) is 0 Å². The number of fused-ring (bicyclic) bond motifs is 1. The lowest BCUT2D eigenvalue weighted by Crippen LogP contribution is -2.48. The maximum atomic E-state index is 12.0. The van der Waals surface area contributed by atoms with E-state index in [9.17, 15) is 4.79 Å². The van der Waals surface area contributed by atoms with E-state index in [0.29, 0.717) is 12.5 Å². The van der Waals surface area contributed by atoms with Crippen LogP contribution in [-0.4, -0.2) is 50.6 Å². The Morgan fingerprint density at radius 2 is 1.83 bits per heavy atom. The second-order valence-corrected chi connectivity index (χ2v) is 7.47. The number of amides is 1. The van der Waals surface area contributed by atoms with Gasteiger partial charge in [-0.3, -0.25) is 4.79 Å². The SMILES string of the molecule is COc1ccccc1CN=C(NCC(=O)N(C)C)NC1CCc2ccccc2C1.I. The third-order valence-electron chi connectivity index (χ3n) is 5.19. The summed E-state index contributed by atoms with van der Waals surface area (Å²) < 4.78 is 5.43. The van der Waals surface area contributed by atoms with Gasteiger partial charge >= 0.3 is 0 Å². The van der Waals surface area contributed by atoms with Gasteiger partial charge in [0.25, 0.3) is 0 Å². The molecule has 6 nitrogen and oxygen atoms in total. The Balaban J connectivity index is 0.00000320. The van der Waals surface area contributed by atoms with Crippen molar-refractivity contribution in [3.05, 3.63) is 65.2 Å². The van der Waals surface area contributed by atoms with Gasteiger partial charge in [0, 0.05) is 25.7 Å². The van der Waals surface area contributed by atoms with Crippen molar-refractivity contribution < 1.29 is 9.53 Å². The summed E-state index contributed by atoms with van der Waals surface area (Å²) in [5, 5.41) is 6.71. The summed E-state index contributed by atoms with van der Waals surface area (Å²) >= 11 is 0. The Kier molecular flexibility index (Phi) is 9.42. The van der Waals surface area contributed by atoms with Gasteiger partial charge in [0.1, 0.15) is 5.75 Å². The Bertz CT molecular complexity index is 870. The molecule has 0 aliphatic heterocycles. The summed E-state index contributed by atoms with van der Waals surface area (Å²) in [6, 6.07) is 16.7. The molecule has 1 atom stereocenters. The summed E-state index contributed by atoms with van der Waals surface area (Å²) in [6.45, 7) is 0.673. The minimum atomic E-state index is 0. The molecule has 0 saturated heterocycles. The van der Waals surface area contributed by atoms with E-state index in [1.165, 1.54) is 11.1 Å². The number of hydrogen-bond donors (Lipinski definition) is 2. The summed E-state index contributed by atoms with van der Waals surface area (Å²) in [4.78, 5) is 18.3. The number of aryl methyl sites for hydroxylation is 1. The quantitative estimate of drug-likeness (QED) is 0.348. The highest BCUT2D eigenvalue weighted by atomic mass is 127. The molecule has 30 heavy (non-hydrogen) atoms. The lowest BCUT2D eigenvalue weighted by molar-refractivity contribution is -0.127. The van der Waals surface area contributed by atoms with E-state index >= 15 is 0 Å². The number of carbonyl (C=O) groups is 1. The zero-order valence-corrected chi connectivity index (χ0v) is 20.2. The van der Waals surface area contributed by atoms with Crippen LogP contribution in [-0.2, 0) is 24.2 Å². The number of halogens is 1. The molecule has 2 aromatic carbocycles. The van der Waals surface area contributed by atoms with Crippen LogP contribution in [0.3, 0.4) is 0 Å². The number of para-hydroxylation sites is 1. The predicted molar refractivity (Wildman–Crippen MR) is 132 cm³/mol. The number of guanidine groups is 1. The van der Waals surface area contributed by atoms with Gasteiger partial charge < -0.3 is 20.3 Å². The Hall–Kier alpha value is -2.29. The molecular weight excluding hydrogens is 491 g/mol. The van der Waals surface area contributed by atoms with E-state index < -0.39 is 0 Å². The molecule has 1 aliphatic rings. The van der Waals surface area contributed by atoms with Crippen LogP contribution < -0.4 is 15.4 Å². The van der Waals surface area contributed by atoms with Crippen LogP contribution >= 0.6 is 24.0 Å². The van der Waals surface area contributed by atoms with Crippen molar-refractivity contribution in [2.75, 3.05) is 27.7 Å². The molecule has 3 rings (SSSR count). The molecule has 1 aliphatic carbocycles. The van der Waals surface area contributed by atoms with Gasteiger partial charge in [-0.25, -0.2) is 4.99 Å². The van der Waals surface area contributed by atoms with Crippen LogP contribution in [0.2, 0.25) is 0 Å². The smallest absolute Gasteiger partial charge is 0.241 e. The van der Waals surface area contributed by atoms with Crippen LogP contribution in [0.1, 0.15) is 23.1 Å². The van der Waals surface area contributed by atoms with Gasteiger partial charge in [0.05, 0.1) is 20.2 Å². The standard InChI is InChI=1S/C23H30N4O2.HI/c1-27(2)22(28)16-25-23(24-15-19-10-6-7-11-21(19)29-3)26-20-13-12-17-8-4-5-9-18(17)14-20;/h4-11,20H,12-16H2,1-3H3,(H2,24,25,26);1H. The highest BCUT2D eigenvalue weighted by Gasteiger charge is 2.19. The third kappa shape index (κ3) is 6.62. The van der Waals surface area contributed by atoms with Gasteiger partial charge in [0.2, 0.25) is 5.91 Å². The first-order valence-corrected chi connectivity index (χ1v) is 10.0. The Morgan fingerprint density at radius 3 is 2.57 bits per heavy atom. The highest BCUT2D eigenvalue weighted by molar-refractivity contribution is 14.0.